The summed E-state index contributed by atoms with van der Waals surface area (Å²) in [5.74, 6) is 0.366. The number of rotatable bonds is 4. The average Bonchev–Trinajstić information content (AvgIpc) is 3.35. The molecule has 2 aromatic rings. The highest BCUT2D eigenvalue weighted by Gasteiger charge is 2.43. The fraction of sp³-hybridized carbons (Fsp3) is 0.235. The van der Waals surface area contributed by atoms with Crippen LogP contribution in [-0.4, -0.2) is 16.6 Å². The summed E-state index contributed by atoms with van der Waals surface area (Å²) in [7, 11) is 0. The van der Waals surface area contributed by atoms with Crippen molar-refractivity contribution < 1.29 is 4.79 Å². The molecule has 1 N–H and O–H groups in total. The second-order valence-corrected chi connectivity index (χ2v) is 5.27. The molecule has 1 heterocycles. The third kappa shape index (κ3) is 3.16. The zero-order valence-corrected chi connectivity index (χ0v) is 11.9. The number of pyridine rings is 1. The lowest BCUT2D eigenvalue weighted by Crippen LogP contribution is -2.21. The first kappa shape index (κ1) is 13.5. The lowest BCUT2D eigenvalue weighted by Gasteiger charge is -2.02. The van der Waals surface area contributed by atoms with Crippen LogP contribution in [0, 0.1) is 5.92 Å². The number of carbonyl (C=O) groups excluding carboxylic acids is 1. The fourth-order valence-corrected chi connectivity index (χ4v) is 2.42. The quantitative estimate of drug-likeness (QED) is 0.691. The van der Waals surface area contributed by atoms with E-state index in [1.165, 1.54) is 5.56 Å². The molecule has 0 unspecified atom stereocenters. The maximum absolute atomic E-state index is 12.1. The third-order valence-corrected chi connectivity index (χ3v) is 3.77. The summed E-state index contributed by atoms with van der Waals surface area (Å²) in [5.41, 5.74) is 5.56. The number of aromatic nitrogens is 1. The largest absolute Gasteiger partial charge is 0.273 e. The molecule has 1 aromatic heterocycles. The monoisotopic (exact) mass is 279 g/mol. The zero-order chi connectivity index (χ0) is 14.7. The van der Waals surface area contributed by atoms with E-state index >= 15 is 0 Å². The Morgan fingerprint density at radius 3 is 2.76 bits per heavy atom. The molecule has 1 aromatic carbocycles. The molecule has 106 valence electrons. The van der Waals surface area contributed by atoms with E-state index in [2.05, 4.69) is 27.6 Å². The number of hydrogen-bond acceptors (Lipinski definition) is 3. The number of carbonyl (C=O) groups is 1. The van der Waals surface area contributed by atoms with Crippen LogP contribution >= 0.6 is 0 Å². The fourth-order valence-electron chi connectivity index (χ4n) is 2.42. The first-order valence-corrected chi connectivity index (χ1v) is 7.05. The minimum absolute atomic E-state index is 0.00732. The molecule has 0 bridgehead atoms. The van der Waals surface area contributed by atoms with E-state index in [0.29, 0.717) is 5.92 Å². The van der Waals surface area contributed by atoms with E-state index in [0.717, 1.165) is 17.7 Å². The van der Waals surface area contributed by atoms with Gasteiger partial charge >= 0.3 is 0 Å². The predicted molar refractivity (Wildman–Crippen MR) is 81.9 cm³/mol. The van der Waals surface area contributed by atoms with Crippen molar-refractivity contribution in [2.75, 3.05) is 0 Å². The lowest BCUT2D eigenvalue weighted by atomic mass is 10.1. The van der Waals surface area contributed by atoms with Gasteiger partial charge in [0.25, 0.3) is 0 Å². The topological polar surface area (TPSA) is 54.4 Å². The molecule has 21 heavy (non-hydrogen) atoms. The van der Waals surface area contributed by atoms with E-state index in [1.54, 1.807) is 12.4 Å². The van der Waals surface area contributed by atoms with Crippen molar-refractivity contribution in [2.45, 2.75) is 19.3 Å². The number of hydrazone groups is 1. The Balaban J connectivity index is 1.59. The zero-order valence-electron chi connectivity index (χ0n) is 11.9. The van der Waals surface area contributed by atoms with Gasteiger partial charge < -0.3 is 0 Å². The van der Waals surface area contributed by atoms with Crippen LogP contribution in [0.3, 0.4) is 0 Å². The minimum atomic E-state index is -0.00732. The maximum Gasteiger partial charge on any atom is 0.243 e. The molecule has 0 spiro atoms. The molecule has 4 heteroatoms. The Morgan fingerprint density at radius 1 is 1.24 bits per heavy atom. The van der Waals surface area contributed by atoms with E-state index in [1.807, 2.05) is 37.3 Å². The minimum Gasteiger partial charge on any atom is -0.273 e. The van der Waals surface area contributed by atoms with Gasteiger partial charge in [0, 0.05) is 23.9 Å². The summed E-state index contributed by atoms with van der Waals surface area (Å²) < 4.78 is 0. The van der Waals surface area contributed by atoms with Gasteiger partial charge in [0.2, 0.25) is 5.91 Å². The Hall–Kier alpha value is -2.49. The Bertz CT molecular complexity index is 652. The van der Waals surface area contributed by atoms with Crippen LogP contribution in [0.5, 0.6) is 0 Å². The van der Waals surface area contributed by atoms with Crippen LogP contribution in [0.15, 0.2) is 60.0 Å². The molecule has 1 amide bonds. The van der Waals surface area contributed by atoms with E-state index in [-0.39, 0.29) is 11.8 Å². The van der Waals surface area contributed by atoms with Crippen molar-refractivity contribution in [3.8, 4) is 0 Å². The second kappa shape index (κ2) is 5.87. The molecule has 1 fully saturated rings. The molecule has 2 atom stereocenters. The summed E-state index contributed by atoms with van der Waals surface area (Å²) in [4.78, 5) is 16.1. The van der Waals surface area contributed by atoms with Gasteiger partial charge in [-0.2, -0.15) is 5.10 Å². The molecule has 1 aliphatic carbocycles. The summed E-state index contributed by atoms with van der Waals surface area (Å²) in [6.45, 7) is 1.86. The van der Waals surface area contributed by atoms with Gasteiger partial charge in [0.15, 0.2) is 0 Å². The standard InChI is InChI=1S/C17H17N3O/c1-12(14-8-5-9-18-11-14)19-20-17(21)16-10-15(16)13-6-3-2-4-7-13/h2-9,11,15-16H,10H2,1H3,(H,20,21)/b19-12-/t15-,16-/m0/s1. The summed E-state index contributed by atoms with van der Waals surface area (Å²) in [5, 5.41) is 4.16. The van der Waals surface area contributed by atoms with Crippen LogP contribution in [-0.2, 0) is 4.79 Å². The van der Waals surface area contributed by atoms with Crippen molar-refractivity contribution in [1.82, 2.24) is 10.4 Å². The first-order valence-electron chi connectivity index (χ1n) is 7.05. The summed E-state index contributed by atoms with van der Waals surface area (Å²) >= 11 is 0. The van der Waals surface area contributed by atoms with Gasteiger partial charge in [0.1, 0.15) is 0 Å². The van der Waals surface area contributed by atoms with Crippen molar-refractivity contribution >= 4 is 11.6 Å². The van der Waals surface area contributed by atoms with Gasteiger partial charge in [0.05, 0.1) is 5.71 Å². The Labute approximate surface area is 123 Å². The normalized spacial score (nSPS) is 20.9. The van der Waals surface area contributed by atoms with Crippen LogP contribution < -0.4 is 5.43 Å². The molecule has 0 radical (unpaired) electrons. The Morgan fingerprint density at radius 2 is 2.05 bits per heavy atom. The second-order valence-electron chi connectivity index (χ2n) is 5.27. The molecular weight excluding hydrogens is 262 g/mol. The first-order chi connectivity index (χ1) is 10.3. The highest BCUT2D eigenvalue weighted by Crippen LogP contribution is 2.47. The molecule has 0 saturated heterocycles. The molecule has 4 nitrogen and oxygen atoms in total. The van der Waals surface area contributed by atoms with E-state index in [9.17, 15) is 4.79 Å². The van der Waals surface area contributed by atoms with E-state index < -0.39 is 0 Å². The highest BCUT2D eigenvalue weighted by atomic mass is 16.2. The van der Waals surface area contributed by atoms with Crippen LogP contribution in [0.2, 0.25) is 0 Å². The molecule has 3 rings (SSSR count). The Kier molecular flexibility index (Phi) is 3.77. The number of nitrogens with zero attached hydrogens (tertiary/aromatic N) is 2. The lowest BCUT2D eigenvalue weighted by molar-refractivity contribution is -0.122. The van der Waals surface area contributed by atoms with Crippen molar-refractivity contribution in [3.63, 3.8) is 0 Å². The van der Waals surface area contributed by atoms with Gasteiger partial charge in [-0.15, -0.1) is 0 Å². The number of benzene rings is 1. The van der Waals surface area contributed by atoms with Crippen molar-refractivity contribution in [2.24, 2.45) is 11.0 Å². The van der Waals surface area contributed by atoms with Crippen LogP contribution in [0.1, 0.15) is 30.4 Å². The average molecular weight is 279 g/mol. The highest BCUT2D eigenvalue weighted by molar-refractivity contribution is 5.99. The molecule has 1 aliphatic rings. The predicted octanol–water partition coefficient (Wildman–Crippen LogP) is 2.73. The van der Waals surface area contributed by atoms with Gasteiger partial charge in [-0.05, 0) is 30.9 Å². The smallest absolute Gasteiger partial charge is 0.243 e. The van der Waals surface area contributed by atoms with E-state index in [4.69, 9.17) is 0 Å². The van der Waals surface area contributed by atoms with Crippen LogP contribution in [0.25, 0.3) is 0 Å². The summed E-state index contributed by atoms with van der Waals surface area (Å²) in [6.07, 6.45) is 4.34. The number of hydrogen-bond donors (Lipinski definition) is 1. The molecule has 0 aliphatic heterocycles. The van der Waals surface area contributed by atoms with Crippen LogP contribution in [0.4, 0.5) is 0 Å². The number of nitrogens with one attached hydrogen (secondary N) is 1. The van der Waals surface area contributed by atoms with Gasteiger partial charge in [-0.25, -0.2) is 5.43 Å². The van der Waals surface area contributed by atoms with Gasteiger partial charge in [-0.3, -0.25) is 9.78 Å². The maximum atomic E-state index is 12.1. The van der Waals surface area contributed by atoms with Crippen molar-refractivity contribution in [1.29, 1.82) is 0 Å². The molecular formula is C17H17N3O. The third-order valence-electron chi connectivity index (χ3n) is 3.77. The van der Waals surface area contributed by atoms with Crippen molar-refractivity contribution in [3.05, 3.63) is 66.0 Å². The SMILES string of the molecule is C/C(=N/NC(=O)[C@H]1C[C@H]1c1ccccc1)c1cccnc1. The molecule has 1 saturated carbocycles. The van der Waals surface area contributed by atoms with Gasteiger partial charge in [-0.1, -0.05) is 36.4 Å². The number of amides is 1. The summed E-state index contributed by atoms with van der Waals surface area (Å²) in [6, 6.07) is 13.9.